The number of likely N-dealkylation sites (N-methyl/N-ethyl adjacent to an activating group) is 1. The molecular formula is C21H27N3O2. The van der Waals surface area contributed by atoms with E-state index in [9.17, 15) is 9.90 Å². The van der Waals surface area contributed by atoms with E-state index < -0.39 is 0 Å². The molecule has 1 aromatic carbocycles. The second-order valence-electron chi connectivity index (χ2n) is 7.50. The Morgan fingerprint density at radius 1 is 1.23 bits per heavy atom. The van der Waals surface area contributed by atoms with Crippen molar-refractivity contribution in [2.24, 2.45) is 5.92 Å². The molecule has 2 aliphatic heterocycles. The van der Waals surface area contributed by atoms with Crippen LogP contribution in [-0.2, 0) is 4.79 Å². The number of nitrogens with zero attached hydrogens (tertiary/aromatic N) is 2. The van der Waals surface area contributed by atoms with Gasteiger partial charge >= 0.3 is 0 Å². The summed E-state index contributed by atoms with van der Waals surface area (Å²) in [5, 5.41) is 11.1. The van der Waals surface area contributed by atoms with Crippen molar-refractivity contribution in [2.75, 3.05) is 33.3 Å². The van der Waals surface area contributed by atoms with Crippen molar-refractivity contribution in [1.82, 2.24) is 14.8 Å². The minimum atomic E-state index is -0.152. The summed E-state index contributed by atoms with van der Waals surface area (Å²) in [5.74, 6) is 0.0743. The number of piperidine rings is 1. The SMILES string of the molecule is CN1C[C@H](C(=O)N2CCCCC2)C=C(c2cccc3cc[nH]c23)[C@H]1CO. The van der Waals surface area contributed by atoms with Gasteiger partial charge in [-0.25, -0.2) is 0 Å². The van der Waals surface area contributed by atoms with Crippen LogP contribution in [0.15, 0.2) is 36.5 Å². The maximum Gasteiger partial charge on any atom is 0.230 e. The summed E-state index contributed by atoms with van der Waals surface area (Å²) in [6.45, 7) is 2.45. The zero-order valence-electron chi connectivity index (χ0n) is 15.3. The maximum absolute atomic E-state index is 13.1. The Bertz CT molecular complexity index is 820. The van der Waals surface area contributed by atoms with Gasteiger partial charge in [-0.3, -0.25) is 9.69 Å². The van der Waals surface area contributed by atoms with Crippen molar-refractivity contribution in [1.29, 1.82) is 0 Å². The fraction of sp³-hybridized carbons (Fsp3) is 0.476. The quantitative estimate of drug-likeness (QED) is 0.891. The lowest BCUT2D eigenvalue weighted by atomic mass is 9.87. The first-order valence-electron chi connectivity index (χ1n) is 9.57. The zero-order chi connectivity index (χ0) is 18.1. The number of nitrogens with one attached hydrogen (secondary N) is 1. The monoisotopic (exact) mass is 353 g/mol. The normalized spacial score (nSPS) is 24.7. The standard InChI is InChI=1S/C21H27N3O2/c1-23-13-16(21(26)24-10-3-2-4-11-24)12-18(19(23)14-25)17-7-5-6-15-8-9-22-20(15)17/h5-9,12,16,19,22,25H,2-4,10-11,13-14H2,1H3/t16-,19-/m1/s1. The van der Waals surface area contributed by atoms with Gasteiger partial charge in [0.1, 0.15) is 0 Å². The zero-order valence-corrected chi connectivity index (χ0v) is 15.3. The molecule has 1 amide bonds. The predicted molar refractivity (Wildman–Crippen MR) is 104 cm³/mol. The largest absolute Gasteiger partial charge is 0.394 e. The number of hydrogen-bond acceptors (Lipinski definition) is 3. The van der Waals surface area contributed by atoms with Crippen LogP contribution in [0.25, 0.3) is 16.5 Å². The molecule has 0 spiro atoms. The van der Waals surface area contributed by atoms with E-state index >= 15 is 0 Å². The number of aromatic amines is 1. The highest BCUT2D eigenvalue weighted by Crippen LogP contribution is 2.33. The van der Waals surface area contributed by atoms with Gasteiger partial charge in [-0.2, -0.15) is 0 Å². The van der Waals surface area contributed by atoms with Crippen molar-refractivity contribution < 1.29 is 9.90 Å². The molecule has 0 unspecified atom stereocenters. The third kappa shape index (κ3) is 3.06. The predicted octanol–water partition coefficient (Wildman–Crippen LogP) is 2.49. The van der Waals surface area contributed by atoms with E-state index in [0.717, 1.165) is 48.0 Å². The van der Waals surface area contributed by atoms with Gasteiger partial charge in [0, 0.05) is 31.4 Å². The number of para-hydroxylation sites is 1. The number of H-pyrrole nitrogens is 1. The smallest absolute Gasteiger partial charge is 0.230 e. The summed E-state index contributed by atoms with van der Waals surface area (Å²) in [4.78, 5) is 20.5. The molecule has 0 saturated carbocycles. The topological polar surface area (TPSA) is 59.6 Å². The van der Waals surface area contributed by atoms with Crippen molar-refractivity contribution in [3.8, 4) is 0 Å². The number of amides is 1. The Labute approximate surface area is 154 Å². The van der Waals surface area contributed by atoms with E-state index in [1.165, 1.54) is 6.42 Å². The van der Waals surface area contributed by atoms with Crippen LogP contribution in [-0.4, -0.2) is 65.1 Å². The summed E-state index contributed by atoms with van der Waals surface area (Å²) >= 11 is 0. The number of carbonyl (C=O) groups is 1. The molecule has 0 bridgehead atoms. The molecular weight excluding hydrogens is 326 g/mol. The highest BCUT2D eigenvalue weighted by Gasteiger charge is 2.34. The summed E-state index contributed by atoms with van der Waals surface area (Å²) in [6.07, 6.45) is 7.47. The summed E-state index contributed by atoms with van der Waals surface area (Å²) < 4.78 is 0. The van der Waals surface area contributed by atoms with Crippen LogP contribution in [0.1, 0.15) is 24.8 Å². The molecule has 1 saturated heterocycles. The second-order valence-corrected chi connectivity index (χ2v) is 7.50. The molecule has 1 aromatic heterocycles. The van der Waals surface area contributed by atoms with Crippen molar-refractivity contribution in [3.63, 3.8) is 0 Å². The molecule has 26 heavy (non-hydrogen) atoms. The van der Waals surface area contributed by atoms with E-state index in [1.807, 2.05) is 24.2 Å². The molecule has 138 valence electrons. The van der Waals surface area contributed by atoms with Gasteiger partial charge < -0.3 is 15.0 Å². The molecule has 4 rings (SSSR count). The van der Waals surface area contributed by atoms with Crippen molar-refractivity contribution >= 4 is 22.4 Å². The molecule has 2 atom stereocenters. The molecule has 0 aliphatic carbocycles. The van der Waals surface area contributed by atoms with Crippen LogP contribution in [0.4, 0.5) is 0 Å². The fourth-order valence-electron chi connectivity index (χ4n) is 4.39. The Morgan fingerprint density at radius 2 is 2.04 bits per heavy atom. The lowest BCUT2D eigenvalue weighted by Crippen LogP contribution is -2.48. The number of benzene rings is 1. The van der Waals surface area contributed by atoms with Crippen LogP contribution < -0.4 is 0 Å². The van der Waals surface area contributed by atoms with E-state index in [2.05, 4.69) is 34.2 Å². The Balaban J connectivity index is 1.72. The third-order valence-electron chi connectivity index (χ3n) is 5.81. The minimum Gasteiger partial charge on any atom is -0.394 e. The average molecular weight is 353 g/mol. The first-order chi connectivity index (χ1) is 12.7. The molecule has 2 N–H and O–H groups in total. The molecule has 1 fully saturated rings. The van der Waals surface area contributed by atoms with Gasteiger partial charge in [-0.05, 0) is 43.3 Å². The number of rotatable bonds is 3. The van der Waals surface area contributed by atoms with Crippen molar-refractivity contribution in [2.45, 2.75) is 25.3 Å². The molecule has 5 heteroatoms. The number of likely N-dealkylation sites (tertiary alicyclic amines) is 1. The van der Waals surface area contributed by atoms with Gasteiger partial charge in [-0.1, -0.05) is 24.3 Å². The number of fused-ring (bicyclic) bond motifs is 1. The minimum absolute atomic E-state index is 0.0457. The summed E-state index contributed by atoms with van der Waals surface area (Å²) in [7, 11) is 2.00. The molecule has 2 aromatic rings. The Hall–Kier alpha value is -2.11. The summed E-state index contributed by atoms with van der Waals surface area (Å²) in [6, 6.07) is 8.16. The number of carbonyl (C=O) groups excluding carboxylic acids is 1. The van der Waals surface area contributed by atoms with E-state index in [1.54, 1.807) is 0 Å². The Morgan fingerprint density at radius 3 is 2.81 bits per heavy atom. The molecule has 0 radical (unpaired) electrons. The number of aliphatic hydroxyl groups excluding tert-OH is 1. The van der Waals surface area contributed by atoms with E-state index in [4.69, 9.17) is 0 Å². The highest BCUT2D eigenvalue weighted by molar-refractivity contribution is 5.94. The summed E-state index contributed by atoms with van der Waals surface area (Å²) in [5.41, 5.74) is 3.19. The number of aromatic nitrogens is 1. The van der Waals surface area contributed by atoms with E-state index in [-0.39, 0.29) is 24.5 Å². The van der Waals surface area contributed by atoms with Gasteiger partial charge in [0.2, 0.25) is 5.91 Å². The average Bonchev–Trinajstić information content (AvgIpc) is 3.16. The molecule has 5 nitrogen and oxygen atoms in total. The van der Waals surface area contributed by atoms with Crippen LogP contribution in [0.3, 0.4) is 0 Å². The first-order valence-corrected chi connectivity index (χ1v) is 9.57. The molecule has 3 heterocycles. The Kier molecular flexibility index (Phi) is 4.83. The number of aliphatic hydroxyl groups is 1. The lowest BCUT2D eigenvalue weighted by molar-refractivity contribution is -0.135. The van der Waals surface area contributed by atoms with Crippen LogP contribution in [0.5, 0.6) is 0 Å². The second kappa shape index (κ2) is 7.25. The van der Waals surface area contributed by atoms with Gasteiger partial charge in [-0.15, -0.1) is 0 Å². The first kappa shape index (κ1) is 17.3. The van der Waals surface area contributed by atoms with Crippen molar-refractivity contribution in [3.05, 3.63) is 42.1 Å². The highest BCUT2D eigenvalue weighted by atomic mass is 16.3. The fourth-order valence-corrected chi connectivity index (χ4v) is 4.39. The van der Waals surface area contributed by atoms with Gasteiger partial charge in [0.25, 0.3) is 0 Å². The van der Waals surface area contributed by atoms with Gasteiger partial charge in [0.15, 0.2) is 0 Å². The maximum atomic E-state index is 13.1. The third-order valence-corrected chi connectivity index (χ3v) is 5.81. The van der Waals surface area contributed by atoms with Crippen LogP contribution >= 0.6 is 0 Å². The lowest BCUT2D eigenvalue weighted by Gasteiger charge is -2.38. The van der Waals surface area contributed by atoms with E-state index in [0.29, 0.717) is 6.54 Å². The van der Waals surface area contributed by atoms with Crippen LogP contribution in [0.2, 0.25) is 0 Å². The molecule has 2 aliphatic rings. The number of hydrogen-bond donors (Lipinski definition) is 2. The van der Waals surface area contributed by atoms with Gasteiger partial charge in [0.05, 0.1) is 24.1 Å². The van der Waals surface area contributed by atoms with Crippen LogP contribution in [0, 0.1) is 5.92 Å².